The van der Waals surface area contributed by atoms with E-state index in [9.17, 15) is 10.2 Å². The van der Waals surface area contributed by atoms with Crippen molar-refractivity contribution in [1.82, 2.24) is 15.0 Å². The summed E-state index contributed by atoms with van der Waals surface area (Å²) in [6.07, 6.45) is 5.80. The van der Waals surface area contributed by atoms with Crippen molar-refractivity contribution in [2.75, 3.05) is 6.61 Å². The zero-order valence-electron chi connectivity index (χ0n) is 11.0. The fraction of sp³-hybridized carbons (Fsp3) is 0.429. The first kappa shape index (κ1) is 13.6. The highest BCUT2D eigenvalue weighted by Gasteiger charge is 2.37. The third kappa shape index (κ3) is 2.45. The lowest BCUT2D eigenvalue weighted by atomic mass is 9.67. The Bertz CT molecular complexity index is 617. The van der Waals surface area contributed by atoms with E-state index in [1.54, 1.807) is 22.9 Å². The van der Waals surface area contributed by atoms with Crippen LogP contribution in [0.2, 0.25) is 0 Å². The smallest absolute Gasteiger partial charge is 0.141 e. The summed E-state index contributed by atoms with van der Waals surface area (Å²) >= 11 is 3.38. The molecule has 0 saturated heterocycles. The Kier molecular flexibility index (Phi) is 3.52. The minimum absolute atomic E-state index is 0.0137. The van der Waals surface area contributed by atoms with Gasteiger partial charge in [-0.15, -0.1) is 5.10 Å². The standard InChI is InChI=1S/C14H16BrN3O2/c15-10-2-3-13(20)12(6-10)18-8-11(16-17-18)7-14(9-19)4-1-5-14/h2-3,6,8,19-20H,1,4-5,7,9H2. The zero-order chi connectivity index (χ0) is 14.2. The van der Waals surface area contributed by atoms with Gasteiger partial charge in [0.2, 0.25) is 0 Å². The Hall–Kier alpha value is -1.40. The normalized spacial score (nSPS) is 16.9. The van der Waals surface area contributed by atoms with Gasteiger partial charge in [0.25, 0.3) is 0 Å². The molecule has 5 nitrogen and oxygen atoms in total. The number of hydrogen-bond acceptors (Lipinski definition) is 4. The molecule has 2 N–H and O–H groups in total. The van der Waals surface area contributed by atoms with E-state index in [2.05, 4.69) is 26.2 Å². The third-order valence-electron chi connectivity index (χ3n) is 4.03. The van der Waals surface area contributed by atoms with Crippen LogP contribution in [0.15, 0.2) is 28.9 Å². The van der Waals surface area contributed by atoms with Crippen LogP contribution in [-0.4, -0.2) is 31.8 Å². The van der Waals surface area contributed by atoms with E-state index < -0.39 is 0 Å². The summed E-state index contributed by atoms with van der Waals surface area (Å²) in [5.41, 5.74) is 1.42. The van der Waals surface area contributed by atoms with Crippen LogP contribution in [0.5, 0.6) is 5.75 Å². The van der Waals surface area contributed by atoms with E-state index in [1.807, 2.05) is 6.20 Å². The van der Waals surface area contributed by atoms with Crippen LogP contribution in [0.25, 0.3) is 5.69 Å². The van der Waals surface area contributed by atoms with Gasteiger partial charge in [-0.2, -0.15) is 0 Å². The second-order valence-corrected chi connectivity index (χ2v) is 6.39. The molecule has 1 aromatic heterocycles. The molecule has 3 rings (SSSR count). The van der Waals surface area contributed by atoms with Crippen LogP contribution in [-0.2, 0) is 6.42 Å². The predicted octanol–water partition coefficient (Wildman–Crippen LogP) is 2.44. The maximum Gasteiger partial charge on any atom is 0.141 e. The lowest BCUT2D eigenvalue weighted by Crippen LogP contribution is -2.35. The van der Waals surface area contributed by atoms with Crippen LogP contribution < -0.4 is 0 Å². The van der Waals surface area contributed by atoms with Gasteiger partial charge in [-0.05, 0) is 36.5 Å². The van der Waals surface area contributed by atoms with Crippen molar-refractivity contribution >= 4 is 15.9 Å². The molecular formula is C14H16BrN3O2. The molecule has 1 fully saturated rings. The maximum absolute atomic E-state index is 9.88. The van der Waals surface area contributed by atoms with Crippen LogP contribution in [0, 0.1) is 5.41 Å². The number of nitrogens with zero attached hydrogens (tertiary/aromatic N) is 3. The number of benzene rings is 1. The summed E-state index contributed by atoms with van der Waals surface area (Å²) in [6, 6.07) is 5.17. The molecule has 1 heterocycles. The average molecular weight is 338 g/mol. The number of halogens is 1. The molecule has 1 saturated carbocycles. The maximum atomic E-state index is 9.88. The van der Waals surface area contributed by atoms with Gasteiger partial charge < -0.3 is 10.2 Å². The molecule has 2 aromatic rings. The molecule has 6 heteroatoms. The highest BCUT2D eigenvalue weighted by atomic mass is 79.9. The quantitative estimate of drug-likeness (QED) is 0.898. The first-order valence-electron chi connectivity index (χ1n) is 6.63. The van der Waals surface area contributed by atoms with E-state index >= 15 is 0 Å². The molecule has 1 aliphatic rings. The van der Waals surface area contributed by atoms with Crippen molar-refractivity contribution in [3.8, 4) is 11.4 Å². The van der Waals surface area contributed by atoms with Gasteiger partial charge in [0, 0.05) is 17.5 Å². The summed E-state index contributed by atoms with van der Waals surface area (Å²) in [5, 5.41) is 27.6. The van der Waals surface area contributed by atoms with E-state index in [0.717, 1.165) is 29.4 Å². The van der Waals surface area contributed by atoms with Crippen molar-refractivity contribution in [3.05, 3.63) is 34.6 Å². The third-order valence-corrected chi connectivity index (χ3v) is 4.52. The molecule has 1 aliphatic carbocycles. The number of phenols is 1. The minimum atomic E-state index is -0.0137. The second-order valence-electron chi connectivity index (χ2n) is 5.48. The number of aliphatic hydroxyl groups excluding tert-OH is 1. The molecule has 0 aliphatic heterocycles. The van der Waals surface area contributed by atoms with Crippen molar-refractivity contribution in [1.29, 1.82) is 0 Å². The number of hydrogen-bond donors (Lipinski definition) is 2. The monoisotopic (exact) mass is 337 g/mol. The van der Waals surface area contributed by atoms with Gasteiger partial charge in [0.1, 0.15) is 11.4 Å². The average Bonchev–Trinajstić information content (AvgIpc) is 2.85. The Morgan fingerprint density at radius 3 is 2.80 bits per heavy atom. The number of aliphatic hydroxyl groups is 1. The SMILES string of the molecule is OCC1(Cc2cn(-c3cc(Br)ccc3O)nn2)CCC1. The zero-order valence-corrected chi connectivity index (χ0v) is 12.5. The fourth-order valence-electron chi connectivity index (χ4n) is 2.63. The molecule has 0 unspecified atom stereocenters. The summed E-state index contributed by atoms with van der Waals surface area (Å²) in [5.74, 6) is 0.158. The number of rotatable bonds is 4. The summed E-state index contributed by atoms with van der Waals surface area (Å²) in [7, 11) is 0. The van der Waals surface area contributed by atoms with Gasteiger partial charge in [-0.25, -0.2) is 4.68 Å². The molecule has 0 bridgehead atoms. The van der Waals surface area contributed by atoms with Crippen molar-refractivity contribution < 1.29 is 10.2 Å². The van der Waals surface area contributed by atoms with Gasteiger partial charge in [0.05, 0.1) is 11.9 Å². The number of aromatic nitrogens is 3. The summed E-state index contributed by atoms with van der Waals surface area (Å²) in [6.45, 7) is 0.196. The Balaban J connectivity index is 1.85. The van der Waals surface area contributed by atoms with Gasteiger partial charge >= 0.3 is 0 Å². The van der Waals surface area contributed by atoms with Crippen LogP contribution in [0.4, 0.5) is 0 Å². The molecule has 20 heavy (non-hydrogen) atoms. The number of phenolic OH excluding ortho intramolecular Hbond substituents is 1. The largest absolute Gasteiger partial charge is 0.506 e. The van der Waals surface area contributed by atoms with Crippen molar-refractivity contribution in [3.63, 3.8) is 0 Å². The van der Waals surface area contributed by atoms with Crippen molar-refractivity contribution in [2.45, 2.75) is 25.7 Å². The molecule has 0 radical (unpaired) electrons. The highest BCUT2D eigenvalue weighted by molar-refractivity contribution is 9.10. The van der Waals surface area contributed by atoms with Crippen molar-refractivity contribution in [2.24, 2.45) is 5.41 Å². The molecular weight excluding hydrogens is 322 g/mol. The Labute approximate surface area is 125 Å². The van der Waals surface area contributed by atoms with E-state index in [-0.39, 0.29) is 17.8 Å². The lowest BCUT2D eigenvalue weighted by molar-refractivity contribution is 0.0441. The predicted molar refractivity (Wildman–Crippen MR) is 77.8 cm³/mol. The molecule has 0 amide bonds. The van der Waals surface area contributed by atoms with Gasteiger partial charge in [-0.1, -0.05) is 27.6 Å². The van der Waals surface area contributed by atoms with Gasteiger partial charge in [0.15, 0.2) is 0 Å². The second kappa shape index (κ2) is 5.18. The van der Waals surface area contributed by atoms with Crippen LogP contribution in [0.1, 0.15) is 25.0 Å². The van der Waals surface area contributed by atoms with E-state index in [4.69, 9.17) is 0 Å². The van der Waals surface area contributed by atoms with E-state index in [1.165, 1.54) is 6.42 Å². The Morgan fingerprint density at radius 2 is 2.15 bits per heavy atom. The highest BCUT2D eigenvalue weighted by Crippen LogP contribution is 2.42. The fourth-order valence-corrected chi connectivity index (χ4v) is 2.98. The van der Waals surface area contributed by atoms with Gasteiger partial charge in [-0.3, -0.25) is 0 Å². The summed E-state index contributed by atoms with van der Waals surface area (Å²) < 4.78 is 2.44. The first-order chi connectivity index (χ1) is 9.62. The first-order valence-corrected chi connectivity index (χ1v) is 7.42. The minimum Gasteiger partial charge on any atom is -0.506 e. The lowest BCUT2D eigenvalue weighted by Gasteiger charge is -2.39. The van der Waals surface area contributed by atoms with E-state index in [0.29, 0.717) is 5.69 Å². The summed E-state index contributed by atoms with van der Waals surface area (Å²) in [4.78, 5) is 0. The Morgan fingerprint density at radius 1 is 1.35 bits per heavy atom. The number of aromatic hydroxyl groups is 1. The topological polar surface area (TPSA) is 71.2 Å². The molecule has 1 aromatic carbocycles. The van der Waals surface area contributed by atoms with Crippen LogP contribution >= 0.6 is 15.9 Å². The molecule has 0 spiro atoms. The molecule has 106 valence electrons. The van der Waals surface area contributed by atoms with Crippen LogP contribution in [0.3, 0.4) is 0 Å². The molecule has 0 atom stereocenters.